The molecule has 1 aliphatic heterocycles. The van der Waals surface area contributed by atoms with Crippen molar-refractivity contribution in [3.8, 4) is 5.75 Å². The number of carbonyl (C=O) groups is 2. The minimum Gasteiger partial charge on any atom is -0.497 e. The molecule has 0 radical (unpaired) electrons. The Morgan fingerprint density at radius 1 is 1.22 bits per heavy atom. The first-order valence-electron chi connectivity index (χ1n) is 11.5. The van der Waals surface area contributed by atoms with Gasteiger partial charge >= 0.3 is 12.0 Å². The maximum absolute atomic E-state index is 12.7. The number of unbranched alkanes of at least 4 members (excludes halogenated alkanes) is 4. The molecule has 0 aliphatic carbocycles. The standard InChI is InChI=1S/C24H34N4O4/c1-3-4-5-6-7-13-28-14-11-22(19(16-28)23(29)30)27-24(31)26-21-10-12-25-20-9-8-17(32-2)15-18(20)21/h8-10,12,15,19,22H,3-7,11,13-14,16H2,1-2H3,(H,29,30)(H2,25,26,27,31)/t19-,22-/m1/s1. The van der Waals surface area contributed by atoms with Crippen LogP contribution in [0.1, 0.15) is 45.4 Å². The summed E-state index contributed by atoms with van der Waals surface area (Å²) in [6.07, 6.45) is 8.20. The summed E-state index contributed by atoms with van der Waals surface area (Å²) in [5, 5.41) is 16.3. The van der Waals surface area contributed by atoms with Gasteiger partial charge in [-0.2, -0.15) is 0 Å². The zero-order valence-electron chi connectivity index (χ0n) is 19.0. The maximum atomic E-state index is 12.7. The average molecular weight is 443 g/mol. The molecule has 3 rings (SSSR count). The molecule has 3 N–H and O–H groups in total. The Morgan fingerprint density at radius 2 is 2.03 bits per heavy atom. The molecule has 0 unspecified atom stereocenters. The van der Waals surface area contributed by atoms with Crippen LogP contribution in [0.3, 0.4) is 0 Å². The molecule has 1 fully saturated rings. The van der Waals surface area contributed by atoms with E-state index >= 15 is 0 Å². The Morgan fingerprint density at radius 3 is 2.78 bits per heavy atom. The zero-order valence-corrected chi connectivity index (χ0v) is 19.0. The fourth-order valence-electron chi connectivity index (χ4n) is 4.27. The number of ether oxygens (including phenoxy) is 1. The number of urea groups is 1. The first-order valence-corrected chi connectivity index (χ1v) is 11.5. The number of methoxy groups -OCH3 is 1. The predicted octanol–water partition coefficient (Wildman–Crippen LogP) is 4.11. The third-order valence-electron chi connectivity index (χ3n) is 6.11. The molecule has 1 aromatic carbocycles. The lowest BCUT2D eigenvalue weighted by Crippen LogP contribution is -2.54. The van der Waals surface area contributed by atoms with Crippen molar-refractivity contribution < 1.29 is 19.4 Å². The highest BCUT2D eigenvalue weighted by Gasteiger charge is 2.35. The molecule has 0 spiro atoms. The van der Waals surface area contributed by atoms with Crippen LogP contribution in [0, 0.1) is 5.92 Å². The Balaban J connectivity index is 1.58. The lowest BCUT2D eigenvalue weighted by molar-refractivity contribution is -0.144. The van der Waals surface area contributed by atoms with Crippen LogP contribution in [0.2, 0.25) is 0 Å². The van der Waals surface area contributed by atoms with Crippen LogP contribution < -0.4 is 15.4 Å². The minimum absolute atomic E-state index is 0.411. The van der Waals surface area contributed by atoms with Crippen LogP contribution in [-0.2, 0) is 4.79 Å². The van der Waals surface area contributed by atoms with Crippen LogP contribution in [0.15, 0.2) is 30.5 Å². The van der Waals surface area contributed by atoms with Gasteiger partial charge in [0.15, 0.2) is 0 Å². The van der Waals surface area contributed by atoms with Gasteiger partial charge in [0, 0.05) is 30.7 Å². The summed E-state index contributed by atoms with van der Waals surface area (Å²) < 4.78 is 5.28. The second-order valence-electron chi connectivity index (χ2n) is 8.39. The smallest absolute Gasteiger partial charge is 0.319 e. The third kappa shape index (κ3) is 6.32. The van der Waals surface area contributed by atoms with Crippen molar-refractivity contribution >= 4 is 28.6 Å². The number of carboxylic acid groups (broad SMARTS) is 1. The number of pyridine rings is 1. The van der Waals surface area contributed by atoms with Gasteiger partial charge < -0.3 is 25.4 Å². The summed E-state index contributed by atoms with van der Waals surface area (Å²) >= 11 is 0. The largest absolute Gasteiger partial charge is 0.497 e. The van der Waals surface area contributed by atoms with E-state index in [-0.39, 0.29) is 0 Å². The van der Waals surface area contributed by atoms with Crippen LogP contribution >= 0.6 is 0 Å². The van der Waals surface area contributed by atoms with Crippen molar-refractivity contribution in [2.24, 2.45) is 5.92 Å². The Kier molecular flexibility index (Phi) is 8.67. The lowest BCUT2D eigenvalue weighted by atomic mass is 9.92. The molecule has 2 amide bonds. The van der Waals surface area contributed by atoms with Crippen molar-refractivity contribution in [3.63, 3.8) is 0 Å². The monoisotopic (exact) mass is 442 g/mol. The molecule has 2 heterocycles. The Labute approximate surface area is 189 Å². The quantitative estimate of drug-likeness (QED) is 0.479. The van der Waals surface area contributed by atoms with Crippen LogP contribution in [-0.4, -0.2) is 59.8 Å². The number of aliphatic carboxylic acids is 1. The number of benzene rings is 1. The summed E-state index contributed by atoms with van der Waals surface area (Å²) in [7, 11) is 1.58. The molecule has 1 saturated heterocycles. The van der Waals surface area contributed by atoms with Crippen molar-refractivity contribution in [1.29, 1.82) is 0 Å². The van der Waals surface area contributed by atoms with E-state index in [9.17, 15) is 14.7 Å². The fourth-order valence-corrected chi connectivity index (χ4v) is 4.27. The van der Waals surface area contributed by atoms with Crippen molar-refractivity contribution in [1.82, 2.24) is 15.2 Å². The van der Waals surface area contributed by atoms with E-state index in [0.29, 0.717) is 24.4 Å². The number of fused-ring (bicyclic) bond motifs is 1. The third-order valence-corrected chi connectivity index (χ3v) is 6.11. The van der Waals surface area contributed by atoms with Gasteiger partial charge in [-0.3, -0.25) is 9.78 Å². The molecular weight excluding hydrogens is 408 g/mol. The molecule has 32 heavy (non-hydrogen) atoms. The minimum atomic E-state index is -0.870. The van der Waals surface area contributed by atoms with E-state index in [4.69, 9.17) is 4.74 Å². The molecule has 0 saturated carbocycles. The molecule has 1 aliphatic rings. The summed E-state index contributed by atoms with van der Waals surface area (Å²) in [6, 6.07) is 6.36. The van der Waals surface area contributed by atoms with E-state index in [1.54, 1.807) is 19.4 Å². The van der Waals surface area contributed by atoms with Gasteiger partial charge in [-0.05, 0) is 43.7 Å². The van der Waals surface area contributed by atoms with Crippen molar-refractivity contribution in [2.75, 3.05) is 32.1 Å². The van der Waals surface area contributed by atoms with Crippen LogP contribution in [0.25, 0.3) is 10.9 Å². The normalized spacial score (nSPS) is 18.9. The first kappa shape index (κ1) is 23.8. The number of anilines is 1. The Bertz CT molecular complexity index is 920. The predicted molar refractivity (Wildman–Crippen MR) is 125 cm³/mol. The Hall–Kier alpha value is -2.87. The lowest BCUT2D eigenvalue weighted by Gasteiger charge is -2.36. The van der Waals surface area contributed by atoms with Gasteiger partial charge in [-0.25, -0.2) is 4.79 Å². The van der Waals surface area contributed by atoms with Crippen molar-refractivity contribution in [3.05, 3.63) is 30.5 Å². The summed E-state index contributed by atoms with van der Waals surface area (Å²) in [5.74, 6) is -0.827. The number of amides is 2. The number of aromatic nitrogens is 1. The SMILES string of the molecule is CCCCCCCN1CC[C@@H](NC(=O)Nc2ccnc3ccc(OC)cc23)[C@H](C(=O)O)C1. The molecule has 174 valence electrons. The maximum Gasteiger partial charge on any atom is 0.319 e. The number of likely N-dealkylation sites (tertiary alicyclic amines) is 1. The van der Waals surface area contributed by atoms with Gasteiger partial charge in [0.1, 0.15) is 5.75 Å². The highest BCUT2D eigenvalue weighted by atomic mass is 16.5. The van der Waals surface area contributed by atoms with Gasteiger partial charge in [-0.1, -0.05) is 32.6 Å². The molecule has 8 heteroatoms. The number of hydrogen-bond donors (Lipinski definition) is 3. The van der Waals surface area contributed by atoms with Crippen LogP contribution in [0.4, 0.5) is 10.5 Å². The summed E-state index contributed by atoms with van der Waals surface area (Å²) in [4.78, 5) is 31.1. The number of carbonyl (C=O) groups excluding carboxylic acids is 1. The van der Waals surface area contributed by atoms with Crippen LogP contribution in [0.5, 0.6) is 5.75 Å². The van der Waals surface area contributed by atoms with E-state index < -0.39 is 24.0 Å². The fraction of sp³-hybridized carbons (Fsp3) is 0.542. The highest BCUT2D eigenvalue weighted by Crippen LogP contribution is 2.26. The molecule has 1 aromatic heterocycles. The number of piperidine rings is 1. The number of rotatable bonds is 10. The molecule has 8 nitrogen and oxygen atoms in total. The molecular formula is C24H34N4O4. The summed E-state index contributed by atoms with van der Waals surface area (Å²) in [6.45, 7) is 4.36. The van der Waals surface area contributed by atoms with Gasteiger partial charge in [0.05, 0.1) is 24.2 Å². The topological polar surface area (TPSA) is 104 Å². The highest BCUT2D eigenvalue weighted by molar-refractivity contribution is 6.00. The zero-order chi connectivity index (χ0) is 22.9. The number of carboxylic acids is 1. The van der Waals surface area contributed by atoms with Gasteiger partial charge in [-0.15, -0.1) is 0 Å². The first-order chi connectivity index (χ1) is 15.5. The van der Waals surface area contributed by atoms with E-state index in [1.165, 1.54) is 25.7 Å². The van der Waals surface area contributed by atoms with Gasteiger partial charge in [0.2, 0.25) is 0 Å². The molecule has 2 atom stereocenters. The number of nitrogens with one attached hydrogen (secondary N) is 2. The number of hydrogen-bond acceptors (Lipinski definition) is 5. The average Bonchev–Trinajstić information content (AvgIpc) is 2.79. The second-order valence-corrected chi connectivity index (χ2v) is 8.39. The molecule has 2 aromatic rings. The van der Waals surface area contributed by atoms with Crippen molar-refractivity contribution in [2.45, 2.75) is 51.5 Å². The number of nitrogens with zero attached hydrogens (tertiary/aromatic N) is 2. The van der Waals surface area contributed by atoms with E-state index in [1.807, 2.05) is 18.2 Å². The van der Waals surface area contributed by atoms with E-state index in [0.717, 1.165) is 30.4 Å². The second kappa shape index (κ2) is 11.7. The molecule has 0 bridgehead atoms. The van der Waals surface area contributed by atoms with E-state index in [2.05, 4.69) is 27.4 Å². The van der Waals surface area contributed by atoms with Gasteiger partial charge in [0.25, 0.3) is 0 Å². The summed E-state index contributed by atoms with van der Waals surface area (Å²) in [5.41, 5.74) is 1.34.